The predicted molar refractivity (Wildman–Crippen MR) is 48.2 cm³/mol. The molecule has 13 heavy (non-hydrogen) atoms. The summed E-state index contributed by atoms with van der Waals surface area (Å²) >= 11 is 0. The second kappa shape index (κ2) is 2.49. The molecule has 0 aliphatic heterocycles. The van der Waals surface area contributed by atoms with E-state index in [9.17, 15) is 4.79 Å². The molecule has 2 bridgehead atoms. The van der Waals surface area contributed by atoms with E-state index in [0.29, 0.717) is 5.92 Å². The quantitative estimate of drug-likeness (QED) is 0.707. The van der Waals surface area contributed by atoms with Gasteiger partial charge in [0.25, 0.3) is 0 Å². The van der Waals surface area contributed by atoms with Crippen LogP contribution in [0.3, 0.4) is 0 Å². The Hall–Kier alpha value is -0.530. The van der Waals surface area contributed by atoms with Gasteiger partial charge in [0.2, 0.25) is 0 Å². The summed E-state index contributed by atoms with van der Waals surface area (Å²) in [6.07, 6.45) is 6.54. The van der Waals surface area contributed by atoms with Crippen LogP contribution in [-0.4, -0.2) is 11.1 Å². The Morgan fingerprint density at radius 2 is 1.92 bits per heavy atom. The minimum atomic E-state index is -0.548. The van der Waals surface area contributed by atoms with E-state index in [4.69, 9.17) is 5.11 Å². The van der Waals surface area contributed by atoms with Crippen molar-refractivity contribution < 1.29 is 9.90 Å². The highest BCUT2D eigenvalue weighted by atomic mass is 16.4. The van der Waals surface area contributed by atoms with Gasteiger partial charge in [0, 0.05) is 0 Å². The molecule has 3 rings (SSSR count). The molecule has 3 unspecified atom stereocenters. The first-order chi connectivity index (χ1) is 6.25. The monoisotopic (exact) mass is 180 g/mol. The fraction of sp³-hybridized carbons (Fsp3) is 0.909. The van der Waals surface area contributed by atoms with Crippen LogP contribution in [0.1, 0.15) is 32.1 Å². The fourth-order valence-electron chi connectivity index (χ4n) is 3.79. The lowest BCUT2D eigenvalue weighted by Gasteiger charge is -2.21. The number of rotatable bonds is 2. The molecule has 3 aliphatic carbocycles. The van der Waals surface area contributed by atoms with E-state index in [1.54, 1.807) is 0 Å². The molecular weight excluding hydrogens is 164 g/mol. The van der Waals surface area contributed by atoms with Gasteiger partial charge in [-0.15, -0.1) is 0 Å². The normalized spacial score (nSPS) is 52.5. The molecule has 0 aromatic rings. The zero-order chi connectivity index (χ0) is 9.00. The van der Waals surface area contributed by atoms with Gasteiger partial charge >= 0.3 is 5.97 Å². The van der Waals surface area contributed by atoms with E-state index in [0.717, 1.165) is 24.2 Å². The molecule has 0 spiro atoms. The Labute approximate surface area is 78.3 Å². The van der Waals surface area contributed by atoms with Gasteiger partial charge in [-0.2, -0.15) is 0 Å². The summed E-state index contributed by atoms with van der Waals surface area (Å²) in [5.74, 6) is 2.70. The van der Waals surface area contributed by atoms with Gasteiger partial charge in [-0.1, -0.05) is 6.42 Å². The zero-order valence-corrected chi connectivity index (χ0v) is 7.78. The van der Waals surface area contributed by atoms with Gasteiger partial charge in [0.15, 0.2) is 0 Å². The molecule has 3 aliphatic rings. The molecule has 5 atom stereocenters. The van der Waals surface area contributed by atoms with Gasteiger partial charge < -0.3 is 5.11 Å². The predicted octanol–water partition coefficient (Wildman–Crippen LogP) is 2.14. The van der Waals surface area contributed by atoms with E-state index in [1.165, 1.54) is 25.7 Å². The van der Waals surface area contributed by atoms with Crippen LogP contribution < -0.4 is 0 Å². The fourth-order valence-corrected chi connectivity index (χ4v) is 3.79. The van der Waals surface area contributed by atoms with Crippen LogP contribution >= 0.6 is 0 Å². The molecule has 0 amide bonds. The Balaban J connectivity index is 1.66. The van der Waals surface area contributed by atoms with Crippen molar-refractivity contribution in [3.63, 3.8) is 0 Å². The van der Waals surface area contributed by atoms with Crippen molar-refractivity contribution in [2.45, 2.75) is 32.1 Å². The number of hydrogen-bond donors (Lipinski definition) is 1. The Kier molecular flexibility index (Phi) is 1.50. The summed E-state index contributed by atoms with van der Waals surface area (Å²) in [5, 5.41) is 8.85. The third-order valence-corrected chi connectivity index (χ3v) is 4.50. The Morgan fingerprint density at radius 3 is 2.38 bits per heavy atom. The van der Waals surface area contributed by atoms with Gasteiger partial charge in [-0.05, 0) is 49.4 Å². The molecule has 2 heteroatoms. The summed E-state index contributed by atoms with van der Waals surface area (Å²) in [7, 11) is 0. The molecule has 0 aromatic carbocycles. The molecule has 0 aromatic heterocycles. The van der Waals surface area contributed by atoms with Crippen molar-refractivity contribution in [2.24, 2.45) is 29.6 Å². The number of fused-ring (bicyclic) bond motifs is 2. The first-order valence-electron chi connectivity index (χ1n) is 5.48. The first kappa shape index (κ1) is 7.84. The molecule has 72 valence electrons. The molecule has 0 radical (unpaired) electrons. The molecule has 3 fully saturated rings. The second-order valence-electron chi connectivity index (χ2n) is 5.18. The highest BCUT2D eigenvalue weighted by molar-refractivity contribution is 5.73. The van der Waals surface area contributed by atoms with E-state index < -0.39 is 5.97 Å². The first-order valence-corrected chi connectivity index (χ1v) is 5.48. The number of hydrogen-bond acceptors (Lipinski definition) is 1. The van der Waals surface area contributed by atoms with Gasteiger partial charge in [0.1, 0.15) is 0 Å². The maximum atomic E-state index is 10.7. The van der Waals surface area contributed by atoms with Crippen LogP contribution in [0.15, 0.2) is 0 Å². The van der Waals surface area contributed by atoms with E-state index >= 15 is 0 Å². The van der Waals surface area contributed by atoms with Crippen molar-refractivity contribution in [3.05, 3.63) is 0 Å². The lowest BCUT2D eigenvalue weighted by Crippen LogP contribution is -2.15. The van der Waals surface area contributed by atoms with Crippen LogP contribution in [0.5, 0.6) is 0 Å². The van der Waals surface area contributed by atoms with Crippen molar-refractivity contribution in [2.75, 3.05) is 0 Å². The summed E-state index contributed by atoms with van der Waals surface area (Å²) in [6, 6.07) is 0. The minimum absolute atomic E-state index is 0.0318. The molecular formula is C11H16O2. The van der Waals surface area contributed by atoms with Crippen molar-refractivity contribution in [1.29, 1.82) is 0 Å². The largest absolute Gasteiger partial charge is 0.481 e. The highest BCUT2D eigenvalue weighted by Gasteiger charge is 2.54. The van der Waals surface area contributed by atoms with Gasteiger partial charge in [-0.3, -0.25) is 4.79 Å². The summed E-state index contributed by atoms with van der Waals surface area (Å²) < 4.78 is 0. The van der Waals surface area contributed by atoms with E-state index in [-0.39, 0.29) is 5.92 Å². The molecule has 2 nitrogen and oxygen atoms in total. The zero-order valence-electron chi connectivity index (χ0n) is 7.78. The maximum Gasteiger partial charge on any atom is 0.306 e. The van der Waals surface area contributed by atoms with Crippen LogP contribution in [0.25, 0.3) is 0 Å². The molecule has 1 N–H and O–H groups in total. The van der Waals surface area contributed by atoms with Gasteiger partial charge in [0.05, 0.1) is 5.92 Å². The van der Waals surface area contributed by atoms with Crippen LogP contribution in [-0.2, 0) is 4.79 Å². The maximum absolute atomic E-state index is 10.7. The highest BCUT2D eigenvalue weighted by Crippen LogP contribution is 2.58. The smallest absolute Gasteiger partial charge is 0.306 e. The Morgan fingerprint density at radius 1 is 1.08 bits per heavy atom. The van der Waals surface area contributed by atoms with Crippen molar-refractivity contribution in [3.8, 4) is 0 Å². The van der Waals surface area contributed by atoms with Crippen LogP contribution in [0, 0.1) is 29.6 Å². The number of carboxylic acids is 1. The SMILES string of the molecule is O=C(O)[C@@H]1C[C@H]1C1CC2CCC1C2. The Bertz CT molecular complexity index is 248. The third-order valence-electron chi connectivity index (χ3n) is 4.50. The second-order valence-corrected chi connectivity index (χ2v) is 5.18. The summed E-state index contributed by atoms with van der Waals surface area (Å²) in [4.78, 5) is 10.7. The van der Waals surface area contributed by atoms with Gasteiger partial charge in [-0.25, -0.2) is 0 Å². The van der Waals surface area contributed by atoms with Crippen molar-refractivity contribution in [1.82, 2.24) is 0 Å². The lowest BCUT2D eigenvalue weighted by molar-refractivity contribution is -0.139. The third kappa shape index (κ3) is 1.11. The molecule has 0 saturated heterocycles. The number of carboxylic acid groups (broad SMARTS) is 1. The lowest BCUT2D eigenvalue weighted by atomic mass is 9.84. The number of carbonyl (C=O) groups is 1. The van der Waals surface area contributed by atoms with Crippen LogP contribution in [0.2, 0.25) is 0 Å². The summed E-state index contributed by atoms with van der Waals surface area (Å²) in [6.45, 7) is 0. The average Bonchev–Trinajstić information content (AvgIpc) is 2.64. The average molecular weight is 180 g/mol. The topological polar surface area (TPSA) is 37.3 Å². The minimum Gasteiger partial charge on any atom is -0.481 e. The molecule has 3 saturated carbocycles. The van der Waals surface area contributed by atoms with E-state index in [2.05, 4.69) is 0 Å². The molecule has 0 heterocycles. The standard InChI is InChI=1S/C11H16O2/c12-11(13)10-5-9(10)8-4-6-1-2-7(8)3-6/h6-10H,1-5H2,(H,12,13)/t6?,7?,8?,9-,10+/m0/s1. The summed E-state index contributed by atoms with van der Waals surface area (Å²) in [5.41, 5.74) is 0. The van der Waals surface area contributed by atoms with Crippen LogP contribution in [0.4, 0.5) is 0 Å². The van der Waals surface area contributed by atoms with Crippen molar-refractivity contribution >= 4 is 5.97 Å². The van der Waals surface area contributed by atoms with E-state index in [1.807, 2.05) is 0 Å². The number of aliphatic carboxylic acids is 1.